The molecule has 1 aliphatic rings. The Balaban J connectivity index is 2.14. The molecule has 0 aromatic heterocycles. The minimum absolute atomic E-state index is 0.173. The maximum Gasteiger partial charge on any atom is 0.0414 e. The van der Waals surface area contributed by atoms with Crippen molar-refractivity contribution in [3.63, 3.8) is 0 Å². The van der Waals surface area contributed by atoms with Crippen molar-refractivity contribution in [2.75, 3.05) is 18.0 Å². The molecule has 0 aliphatic carbocycles. The zero-order valence-electron chi connectivity index (χ0n) is 11.7. The van der Waals surface area contributed by atoms with Crippen LogP contribution in [0.15, 0.2) is 24.3 Å². The highest BCUT2D eigenvalue weighted by Crippen LogP contribution is 2.32. The van der Waals surface area contributed by atoms with Crippen LogP contribution in [0.2, 0.25) is 0 Å². The monoisotopic (exact) mass is 246 g/mol. The summed E-state index contributed by atoms with van der Waals surface area (Å²) in [6.07, 6.45) is 5.00. The van der Waals surface area contributed by atoms with Gasteiger partial charge in [0.1, 0.15) is 0 Å². The van der Waals surface area contributed by atoms with E-state index in [1.54, 1.807) is 0 Å². The van der Waals surface area contributed by atoms with E-state index in [9.17, 15) is 0 Å². The Bertz CT molecular complexity index is 375. The van der Waals surface area contributed by atoms with Crippen LogP contribution >= 0.6 is 0 Å². The molecule has 100 valence electrons. The van der Waals surface area contributed by atoms with Crippen molar-refractivity contribution in [1.82, 2.24) is 0 Å². The molecule has 0 amide bonds. The average molecular weight is 246 g/mol. The van der Waals surface area contributed by atoms with Crippen LogP contribution < -0.4 is 10.6 Å². The van der Waals surface area contributed by atoms with E-state index in [-0.39, 0.29) is 6.04 Å². The Hall–Kier alpha value is -1.02. The second kappa shape index (κ2) is 6.24. The van der Waals surface area contributed by atoms with Crippen LogP contribution in [-0.2, 0) is 0 Å². The fourth-order valence-corrected chi connectivity index (χ4v) is 3.00. The van der Waals surface area contributed by atoms with Crippen LogP contribution in [0.4, 0.5) is 5.69 Å². The van der Waals surface area contributed by atoms with Crippen molar-refractivity contribution in [3.8, 4) is 0 Å². The molecule has 18 heavy (non-hydrogen) atoms. The number of hydrogen-bond donors (Lipinski definition) is 1. The zero-order valence-corrected chi connectivity index (χ0v) is 11.7. The molecule has 2 heteroatoms. The van der Waals surface area contributed by atoms with E-state index in [2.05, 4.69) is 43.0 Å². The third-order valence-corrected chi connectivity index (χ3v) is 4.10. The third kappa shape index (κ3) is 2.86. The number of anilines is 1. The van der Waals surface area contributed by atoms with E-state index in [1.165, 1.54) is 43.6 Å². The molecule has 0 bridgehead atoms. The van der Waals surface area contributed by atoms with Crippen molar-refractivity contribution in [2.45, 2.75) is 45.6 Å². The fraction of sp³-hybridized carbons (Fsp3) is 0.625. The first-order valence-corrected chi connectivity index (χ1v) is 7.35. The lowest BCUT2D eigenvalue weighted by Gasteiger charge is -2.24. The SMILES string of the molecule is CCCC1CCN(c2ccccc2C(N)CC)C1. The van der Waals surface area contributed by atoms with Gasteiger partial charge in [0, 0.05) is 24.8 Å². The van der Waals surface area contributed by atoms with Gasteiger partial charge < -0.3 is 10.6 Å². The molecule has 0 spiro atoms. The predicted octanol–water partition coefficient (Wildman–Crippen LogP) is 3.72. The Kier molecular flexibility index (Phi) is 4.65. The molecule has 1 fully saturated rings. The largest absolute Gasteiger partial charge is 0.371 e. The zero-order chi connectivity index (χ0) is 13.0. The molecular weight excluding hydrogens is 220 g/mol. The van der Waals surface area contributed by atoms with Gasteiger partial charge in [0.25, 0.3) is 0 Å². The van der Waals surface area contributed by atoms with Crippen LogP contribution in [0.25, 0.3) is 0 Å². The lowest BCUT2D eigenvalue weighted by atomic mass is 10.0. The molecule has 2 atom stereocenters. The first kappa shape index (κ1) is 13.4. The van der Waals surface area contributed by atoms with E-state index in [0.717, 1.165) is 12.3 Å². The normalized spacial score (nSPS) is 21.3. The summed E-state index contributed by atoms with van der Waals surface area (Å²) in [5.74, 6) is 0.876. The molecule has 2 nitrogen and oxygen atoms in total. The summed E-state index contributed by atoms with van der Waals surface area (Å²) in [5.41, 5.74) is 8.91. The summed E-state index contributed by atoms with van der Waals surface area (Å²) >= 11 is 0. The standard InChI is InChI=1S/C16H26N2/c1-3-7-13-10-11-18(12-13)16-9-6-5-8-14(16)15(17)4-2/h5-6,8-9,13,15H,3-4,7,10-12,17H2,1-2H3. The van der Waals surface area contributed by atoms with Gasteiger partial charge in [-0.2, -0.15) is 0 Å². The molecule has 2 N–H and O–H groups in total. The lowest BCUT2D eigenvalue weighted by Crippen LogP contribution is -2.23. The van der Waals surface area contributed by atoms with E-state index < -0.39 is 0 Å². The summed E-state index contributed by atoms with van der Waals surface area (Å²) in [5, 5.41) is 0. The van der Waals surface area contributed by atoms with Crippen molar-refractivity contribution in [2.24, 2.45) is 11.7 Å². The Morgan fingerprint density at radius 1 is 1.33 bits per heavy atom. The number of rotatable bonds is 5. The lowest BCUT2D eigenvalue weighted by molar-refractivity contribution is 0.529. The Morgan fingerprint density at radius 2 is 2.11 bits per heavy atom. The molecule has 1 aliphatic heterocycles. The summed E-state index contributed by atoms with van der Waals surface area (Å²) in [7, 11) is 0. The molecule has 1 saturated heterocycles. The second-order valence-electron chi connectivity index (χ2n) is 5.46. The van der Waals surface area contributed by atoms with Crippen molar-refractivity contribution >= 4 is 5.69 Å². The minimum atomic E-state index is 0.173. The molecule has 1 aromatic rings. The highest BCUT2D eigenvalue weighted by atomic mass is 15.2. The molecule has 1 heterocycles. The van der Waals surface area contributed by atoms with Gasteiger partial charge in [0.05, 0.1) is 0 Å². The van der Waals surface area contributed by atoms with Gasteiger partial charge in [-0.1, -0.05) is 38.5 Å². The first-order valence-electron chi connectivity index (χ1n) is 7.35. The molecule has 0 saturated carbocycles. The topological polar surface area (TPSA) is 29.3 Å². The summed E-state index contributed by atoms with van der Waals surface area (Å²) in [6, 6.07) is 8.84. The highest BCUT2D eigenvalue weighted by molar-refractivity contribution is 5.55. The van der Waals surface area contributed by atoms with Crippen LogP contribution in [0.1, 0.15) is 51.1 Å². The predicted molar refractivity (Wildman–Crippen MR) is 78.9 cm³/mol. The summed E-state index contributed by atoms with van der Waals surface area (Å²) in [6.45, 7) is 6.84. The molecule has 2 rings (SSSR count). The summed E-state index contributed by atoms with van der Waals surface area (Å²) in [4.78, 5) is 2.53. The number of nitrogens with two attached hydrogens (primary N) is 1. The van der Waals surface area contributed by atoms with Crippen molar-refractivity contribution < 1.29 is 0 Å². The van der Waals surface area contributed by atoms with Gasteiger partial charge in [-0.15, -0.1) is 0 Å². The first-order chi connectivity index (χ1) is 8.76. The number of nitrogens with zero attached hydrogens (tertiary/aromatic N) is 1. The molecule has 2 unspecified atom stereocenters. The number of hydrogen-bond acceptors (Lipinski definition) is 2. The second-order valence-corrected chi connectivity index (χ2v) is 5.46. The van der Waals surface area contributed by atoms with E-state index in [0.29, 0.717) is 0 Å². The Labute approximate surface area is 111 Å². The summed E-state index contributed by atoms with van der Waals surface area (Å²) < 4.78 is 0. The maximum absolute atomic E-state index is 6.23. The van der Waals surface area contributed by atoms with Crippen LogP contribution in [0.5, 0.6) is 0 Å². The van der Waals surface area contributed by atoms with Gasteiger partial charge in [0.2, 0.25) is 0 Å². The minimum Gasteiger partial charge on any atom is -0.371 e. The van der Waals surface area contributed by atoms with Crippen molar-refractivity contribution in [1.29, 1.82) is 0 Å². The Morgan fingerprint density at radius 3 is 2.83 bits per heavy atom. The van der Waals surface area contributed by atoms with Crippen LogP contribution in [0.3, 0.4) is 0 Å². The average Bonchev–Trinajstić information content (AvgIpc) is 2.87. The van der Waals surface area contributed by atoms with E-state index >= 15 is 0 Å². The molecule has 0 radical (unpaired) electrons. The van der Waals surface area contributed by atoms with Crippen LogP contribution in [-0.4, -0.2) is 13.1 Å². The van der Waals surface area contributed by atoms with Crippen molar-refractivity contribution in [3.05, 3.63) is 29.8 Å². The van der Waals surface area contributed by atoms with E-state index in [1.807, 2.05) is 0 Å². The van der Waals surface area contributed by atoms with Gasteiger partial charge >= 0.3 is 0 Å². The van der Waals surface area contributed by atoms with Gasteiger partial charge in [-0.3, -0.25) is 0 Å². The van der Waals surface area contributed by atoms with Gasteiger partial charge in [-0.25, -0.2) is 0 Å². The fourth-order valence-electron chi connectivity index (χ4n) is 3.00. The van der Waals surface area contributed by atoms with Crippen LogP contribution in [0, 0.1) is 5.92 Å². The smallest absolute Gasteiger partial charge is 0.0414 e. The third-order valence-electron chi connectivity index (χ3n) is 4.10. The number of para-hydroxylation sites is 1. The van der Waals surface area contributed by atoms with E-state index in [4.69, 9.17) is 5.73 Å². The maximum atomic E-state index is 6.23. The molecular formula is C16H26N2. The quantitative estimate of drug-likeness (QED) is 0.858. The highest BCUT2D eigenvalue weighted by Gasteiger charge is 2.24. The van der Waals surface area contributed by atoms with Gasteiger partial charge in [0.15, 0.2) is 0 Å². The molecule has 1 aromatic carbocycles. The van der Waals surface area contributed by atoms with Gasteiger partial charge in [-0.05, 0) is 36.8 Å². The number of benzene rings is 1.